The topological polar surface area (TPSA) is 56.2 Å². The molecule has 1 heterocycles. The zero-order valence-corrected chi connectivity index (χ0v) is 9.48. The summed E-state index contributed by atoms with van der Waals surface area (Å²) in [6.45, 7) is 3.31. The molecule has 0 aliphatic heterocycles. The molecule has 0 spiro atoms. The fourth-order valence-corrected chi connectivity index (χ4v) is 3.30. The van der Waals surface area contributed by atoms with E-state index >= 15 is 0 Å². The van der Waals surface area contributed by atoms with Crippen LogP contribution in [0.4, 0.5) is 0 Å². The van der Waals surface area contributed by atoms with Gasteiger partial charge in [0.1, 0.15) is 5.76 Å². The minimum atomic E-state index is -1.29. The molecule has 1 unspecified atom stereocenters. The highest BCUT2D eigenvalue weighted by molar-refractivity contribution is 7.93. The van der Waals surface area contributed by atoms with Crippen molar-refractivity contribution in [3.63, 3.8) is 0 Å². The lowest BCUT2D eigenvalue weighted by molar-refractivity contribution is 0.416. The molecule has 0 fully saturated rings. The van der Waals surface area contributed by atoms with Crippen LogP contribution in [0.15, 0.2) is 40.9 Å². The minimum Gasteiger partial charge on any atom is -0.609 e. The number of hydrogen-bond donors (Lipinski definition) is 1. The van der Waals surface area contributed by atoms with Crippen molar-refractivity contribution in [2.45, 2.75) is 4.34 Å². The summed E-state index contributed by atoms with van der Waals surface area (Å²) in [7, 11) is 0. The molecule has 0 aliphatic carbocycles. The first-order valence-electron chi connectivity index (χ1n) is 4.27. The second kappa shape index (κ2) is 4.22. The molecule has 0 aliphatic rings. The van der Waals surface area contributed by atoms with E-state index < -0.39 is 11.2 Å². The Hall–Kier alpha value is -1.04. The number of thiazole rings is 1. The largest absolute Gasteiger partial charge is 0.609 e. The van der Waals surface area contributed by atoms with Gasteiger partial charge in [0.25, 0.3) is 0 Å². The Balaban J connectivity index is 2.32. The molecule has 0 saturated carbocycles. The molecule has 0 bridgehead atoms. The summed E-state index contributed by atoms with van der Waals surface area (Å²) in [5, 5.41) is 8.95. The van der Waals surface area contributed by atoms with Crippen molar-refractivity contribution in [1.82, 2.24) is 4.98 Å². The number of aliphatic hydroxyl groups is 1. The van der Waals surface area contributed by atoms with Crippen molar-refractivity contribution in [2.75, 3.05) is 5.75 Å². The van der Waals surface area contributed by atoms with Crippen LogP contribution in [-0.4, -0.2) is 20.4 Å². The number of nitrogens with zero attached hydrogens (tertiary/aromatic N) is 1. The van der Waals surface area contributed by atoms with E-state index in [-0.39, 0.29) is 11.5 Å². The maximum Gasteiger partial charge on any atom is 0.303 e. The first kappa shape index (κ1) is 10.5. The summed E-state index contributed by atoms with van der Waals surface area (Å²) in [6, 6.07) is 7.61. The molecule has 1 N–H and O–H groups in total. The summed E-state index contributed by atoms with van der Waals surface area (Å²) in [6.07, 6.45) is 0. The van der Waals surface area contributed by atoms with Crippen LogP contribution in [0.2, 0.25) is 0 Å². The Labute approximate surface area is 94.3 Å². The normalized spacial score (nSPS) is 12.9. The SMILES string of the molecule is C=C(O)C[S+]([O-])c1nc2ccccc2s1. The van der Waals surface area contributed by atoms with E-state index in [1.165, 1.54) is 11.3 Å². The highest BCUT2D eigenvalue weighted by Crippen LogP contribution is 2.26. The van der Waals surface area contributed by atoms with E-state index in [9.17, 15) is 4.55 Å². The summed E-state index contributed by atoms with van der Waals surface area (Å²) < 4.78 is 13.2. The van der Waals surface area contributed by atoms with Crippen molar-refractivity contribution in [1.29, 1.82) is 0 Å². The van der Waals surface area contributed by atoms with Crippen molar-refractivity contribution in [3.8, 4) is 0 Å². The van der Waals surface area contributed by atoms with Crippen LogP contribution < -0.4 is 0 Å². The molecule has 1 aromatic heterocycles. The molecule has 15 heavy (non-hydrogen) atoms. The third kappa shape index (κ3) is 2.31. The molecule has 2 rings (SSSR count). The van der Waals surface area contributed by atoms with Crippen molar-refractivity contribution >= 4 is 32.7 Å². The fraction of sp³-hybridized carbons (Fsp3) is 0.100. The summed E-state index contributed by atoms with van der Waals surface area (Å²) in [4.78, 5) is 4.23. The average molecular weight is 239 g/mol. The van der Waals surface area contributed by atoms with Gasteiger partial charge >= 0.3 is 4.34 Å². The van der Waals surface area contributed by atoms with Crippen molar-refractivity contribution in [2.24, 2.45) is 0 Å². The summed E-state index contributed by atoms with van der Waals surface area (Å²) >= 11 is 0.0956. The van der Waals surface area contributed by atoms with Crippen molar-refractivity contribution < 1.29 is 9.66 Å². The van der Waals surface area contributed by atoms with Gasteiger partial charge in [-0.1, -0.05) is 30.0 Å². The molecule has 0 amide bonds. The van der Waals surface area contributed by atoms with Crippen LogP contribution in [0, 0.1) is 0 Å². The second-order valence-corrected chi connectivity index (χ2v) is 5.66. The number of fused-ring (bicyclic) bond motifs is 1. The van der Waals surface area contributed by atoms with E-state index in [1.807, 2.05) is 24.3 Å². The Morgan fingerprint density at radius 3 is 2.93 bits per heavy atom. The number of benzene rings is 1. The van der Waals surface area contributed by atoms with E-state index in [2.05, 4.69) is 11.6 Å². The number of para-hydroxylation sites is 1. The van der Waals surface area contributed by atoms with Gasteiger partial charge in [0.15, 0.2) is 5.75 Å². The zero-order valence-electron chi connectivity index (χ0n) is 7.84. The van der Waals surface area contributed by atoms with Gasteiger partial charge in [0.2, 0.25) is 0 Å². The molecule has 3 nitrogen and oxygen atoms in total. The maximum absolute atomic E-state index is 11.7. The van der Waals surface area contributed by atoms with Crippen LogP contribution in [-0.2, 0) is 11.2 Å². The van der Waals surface area contributed by atoms with Crippen LogP contribution in [0.3, 0.4) is 0 Å². The molecule has 1 aromatic carbocycles. The predicted molar refractivity (Wildman–Crippen MR) is 62.7 cm³/mol. The van der Waals surface area contributed by atoms with Gasteiger partial charge in [-0.2, -0.15) is 4.98 Å². The predicted octanol–water partition coefficient (Wildman–Crippen LogP) is 2.48. The Morgan fingerprint density at radius 2 is 2.27 bits per heavy atom. The zero-order chi connectivity index (χ0) is 10.8. The third-order valence-corrected chi connectivity index (χ3v) is 4.48. The molecule has 1 atom stereocenters. The number of aromatic nitrogens is 1. The Bertz CT molecular complexity index is 462. The molecule has 78 valence electrons. The molecule has 5 heteroatoms. The quantitative estimate of drug-likeness (QED) is 0.661. The lowest BCUT2D eigenvalue weighted by Crippen LogP contribution is -2.07. The molecule has 0 saturated heterocycles. The van der Waals surface area contributed by atoms with Gasteiger partial charge in [-0.3, -0.25) is 0 Å². The molecular formula is C10H9NO2S2. The number of rotatable bonds is 3. The van der Waals surface area contributed by atoms with Gasteiger partial charge in [-0.25, -0.2) is 0 Å². The van der Waals surface area contributed by atoms with E-state index in [1.54, 1.807) is 0 Å². The Morgan fingerprint density at radius 1 is 1.53 bits per heavy atom. The standard InChI is InChI=1S/C10H9NO2S2/c1-7(12)6-15(13)10-11-8-4-2-3-5-9(8)14-10/h2-5,12H,1,6H2. The van der Waals surface area contributed by atoms with Crippen molar-refractivity contribution in [3.05, 3.63) is 36.6 Å². The van der Waals surface area contributed by atoms with E-state index in [0.717, 1.165) is 10.2 Å². The Kier molecular flexibility index (Phi) is 2.95. The number of aliphatic hydroxyl groups excluding tert-OH is 1. The first-order valence-corrected chi connectivity index (χ1v) is 6.41. The maximum atomic E-state index is 11.7. The molecular weight excluding hydrogens is 230 g/mol. The lowest BCUT2D eigenvalue weighted by Gasteiger charge is -2.04. The first-order chi connectivity index (χ1) is 7.16. The fourth-order valence-electron chi connectivity index (χ4n) is 1.16. The smallest absolute Gasteiger partial charge is 0.303 e. The van der Waals surface area contributed by atoms with Gasteiger partial charge in [0.05, 0.1) is 10.2 Å². The van der Waals surface area contributed by atoms with Gasteiger partial charge in [-0.15, -0.1) is 0 Å². The summed E-state index contributed by atoms with van der Waals surface area (Å²) in [5.41, 5.74) is 0.842. The number of hydrogen-bond acceptors (Lipinski definition) is 4. The van der Waals surface area contributed by atoms with Gasteiger partial charge in [0, 0.05) is 11.2 Å². The van der Waals surface area contributed by atoms with Crippen LogP contribution in [0.25, 0.3) is 10.2 Å². The van der Waals surface area contributed by atoms with Gasteiger partial charge in [-0.05, 0) is 12.1 Å². The molecule has 2 aromatic rings. The average Bonchev–Trinajstić information content (AvgIpc) is 2.59. The van der Waals surface area contributed by atoms with Crippen LogP contribution in [0.5, 0.6) is 0 Å². The minimum absolute atomic E-state index is 0.0554. The molecule has 0 radical (unpaired) electrons. The van der Waals surface area contributed by atoms with E-state index in [0.29, 0.717) is 4.34 Å². The highest BCUT2D eigenvalue weighted by atomic mass is 32.2. The van der Waals surface area contributed by atoms with Crippen LogP contribution in [0.1, 0.15) is 0 Å². The van der Waals surface area contributed by atoms with Gasteiger partial charge < -0.3 is 9.66 Å². The second-order valence-electron chi connectivity index (χ2n) is 3.00. The lowest BCUT2D eigenvalue weighted by atomic mass is 10.3. The van der Waals surface area contributed by atoms with Crippen LogP contribution >= 0.6 is 11.3 Å². The highest BCUT2D eigenvalue weighted by Gasteiger charge is 2.17. The third-order valence-electron chi connectivity index (χ3n) is 1.77. The van der Waals surface area contributed by atoms with E-state index in [4.69, 9.17) is 5.11 Å². The monoisotopic (exact) mass is 239 g/mol. The summed E-state index contributed by atoms with van der Waals surface area (Å²) in [5.74, 6) is -0.0209.